The summed E-state index contributed by atoms with van der Waals surface area (Å²) in [5.41, 5.74) is 3.24. The SMILES string of the molecule is COc1ccc(C(CNC(=O)Cn2c(-c3cccc(C)c3)n[nH]c2=S)N2CCCCC2)cc1. The number of amides is 1. The summed E-state index contributed by atoms with van der Waals surface area (Å²) in [6.07, 6.45) is 3.63. The summed E-state index contributed by atoms with van der Waals surface area (Å²) >= 11 is 5.41. The monoisotopic (exact) mass is 465 g/mol. The van der Waals surface area contributed by atoms with Gasteiger partial charge < -0.3 is 10.1 Å². The van der Waals surface area contributed by atoms with Crippen LogP contribution in [-0.2, 0) is 11.3 Å². The number of carbonyl (C=O) groups excluding carboxylic acids is 1. The van der Waals surface area contributed by atoms with E-state index in [2.05, 4.69) is 32.5 Å². The number of ether oxygens (including phenoxy) is 1. The van der Waals surface area contributed by atoms with Crippen molar-refractivity contribution < 1.29 is 9.53 Å². The molecule has 0 saturated carbocycles. The van der Waals surface area contributed by atoms with Crippen molar-refractivity contribution in [3.8, 4) is 17.1 Å². The molecule has 3 aromatic rings. The number of aryl methyl sites for hydroxylation is 1. The number of carbonyl (C=O) groups is 1. The van der Waals surface area contributed by atoms with Crippen molar-refractivity contribution >= 4 is 18.1 Å². The summed E-state index contributed by atoms with van der Waals surface area (Å²) in [5.74, 6) is 1.41. The van der Waals surface area contributed by atoms with Crippen LogP contribution >= 0.6 is 12.2 Å². The molecule has 1 saturated heterocycles. The number of H-pyrrole nitrogens is 1. The van der Waals surface area contributed by atoms with Crippen molar-refractivity contribution in [3.05, 3.63) is 64.4 Å². The molecule has 2 heterocycles. The van der Waals surface area contributed by atoms with Crippen LogP contribution in [0.4, 0.5) is 0 Å². The van der Waals surface area contributed by atoms with Crippen LogP contribution in [0, 0.1) is 11.7 Å². The number of piperidine rings is 1. The molecule has 1 aromatic heterocycles. The van der Waals surface area contributed by atoms with Crippen LogP contribution in [0.2, 0.25) is 0 Å². The van der Waals surface area contributed by atoms with Gasteiger partial charge in [0.1, 0.15) is 12.3 Å². The number of hydrogen-bond acceptors (Lipinski definition) is 5. The van der Waals surface area contributed by atoms with E-state index in [4.69, 9.17) is 17.0 Å². The molecule has 8 heteroatoms. The lowest BCUT2D eigenvalue weighted by atomic mass is 10.0. The van der Waals surface area contributed by atoms with Gasteiger partial charge in [0.2, 0.25) is 5.91 Å². The Hall–Kier alpha value is -2.97. The van der Waals surface area contributed by atoms with E-state index in [-0.39, 0.29) is 18.5 Å². The van der Waals surface area contributed by atoms with Crippen LogP contribution in [0.25, 0.3) is 11.4 Å². The summed E-state index contributed by atoms with van der Waals surface area (Å²) in [7, 11) is 1.67. The van der Waals surface area contributed by atoms with Crippen molar-refractivity contribution in [1.29, 1.82) is 0 Å². The second-order valence-corrected chi connectivity index (χ2v) is 8.88. The van der Waals surface area contributed by atoms with E-state index in [1.807, 2.05) is 43.3 Å². The zero-order valence-corrected chi connectivity index (χ0v) is 20.0. The number of nitrogens with zero attached hydrogens (tertiary/aromatic N) is 3. The first-order valence-corrected chi connectivity index (χ1v) is 11.8. The lowest BCUT2D eigenvalue weighted by Gasteiger charge is -2.35. The Morgan fingerprint density at radius 3 is 2.64 bits per heavy atom. The molecule has 2 aromatic carbocycles. The fraction of sp³-hybridized carbons (Fsp3) is 0.400. The van der Waals surface area contributed by atoms with E-state index in [1.54, 1.807) is 11.7 Å². The van der Waals surface area contributed by atoms with Gasteiger partial charge in [-0.1, -0.05) is 42.3 Å². The van der Waals surface area contributed by atoms with Crippen LogP contribution in [0.15, 0.2) is 48.5 Å². The quantitative estimate of drug-likeness (QED) is 0.486. The molecule has 1 amide bonds. The maximum absolute atomic E-state index is 13.0. The maximum Gasteiger partial charge on any atom is 0.240 e. The molecule has 0 aliphatic carbocycles. The van der Waals surface area contributed by atoms with Gasteiger partial charge in [0.15, 0.2) is 10.6 Å². The Morgan fingerprint density at radius 2 is 1.94 bits per heavy atom. The number of hydrogen-bond donors (Lipinski definition) is 2. The molecule has 0 bridgehead atoms. The van der Waals surface area contributed by atoms with Gasteiger partial charge in [0, 0.05) is 12.1 Å². The van der Waals surface area contributed by atoms with Crippen LogP contribution in [0.5, 0.6) is 5.75 Å². The second kappa shape index (κ2) is 10.8. The topological polar surface area (TPSA) is 75.2 Å². The highest BCUT2D eigenvalue weighted by atomic mass is 32.1. The summed E-state index contributed by atoms with van der Waals surface area (Å²) in [5, 5.41) is 10.3. The van der Waals surface area contributed by atoms with Gasteiger partial charge in [-0.3, -0.25) is 19.4 Å². The highest BCUT2D eigenvalue weighted by Crippen LogP contribution is 2.26. The molecular formula is C25H31N5O2S. The average Bonchev–Trinajstić information content (AvgIpc) is 3.20. The standard InChI is InChI=1S/C25H31N5O2S/c1-18-7-6-8-20(15-18)24-27-28-25(33)30(24)17-23(31)26-16-22(29-13-4-3-5-14-29)19-9-11-21(32-2)12-10-19/h6-12,15,22H,3-5,13-14,16-17H2,1-2H3,(H,26,31)(H,28,33). The Bertz CT molecular complexity index is 1130. The first-order valence-electron chi connectivity index (χ1n) is 11.4. The number of aromatic amines is 1. The van der Waals surface area contributed by atoms with Gasteiger partial charge in [-0.05, 0) is 68.8 Å². The summed E-state index contributed by atoms with van der Waals surface area (Å²) in [4.78, 5) is 15.4. The molecule has 1 aliphatic rings. The van der Waals surface area contributed by atoms with Gasteiger partial charge in [-0.25, -0.2) is 0 Å². The Kier molecular flexibility index (Phi) is 7.57. The first kappa shape index (κ1) is 23.2. The smallest absolute Gasteiger partial charge is 0.240 e. The van der Waals surface area contributed by atoms with Crippen molar-refractivity contribution in [2.45, 2.75) is 38.8 Å². The third kappa shape index (κ3) is 5.69. The zero-order valence-electron chi connectivity index (χ0n) is 19.2. The molecule has 4 rings (SSSR count). The minimum atomic E-state index is -0.0862. The van der Waals surface area contributed by atoms with Crippen molar-refractivity contribution in [1.82, 2.24) is 25.0 Å². The second-order valence-electron chi connectivity index (χ2n) is 8.50. The van der Waals surface area contributed by atoms with E-state index in [0.717, 1.165) is 30.0 Å². The molecule has 0 radical (unpaired) electrons. The number of nitrogens with one attached hydrogen (secondary N) is 2. The van der Waals surface area contributed by atoms with Crippen LogP contribution in [0.3, 0.4) is 0 Å². The highest BCUT2D eigenvalue weighted by Gasteiger charge is 2.23. The average molecular weight is 466 g/mol. The summed E-state index contributed by atoms with van der Waals surface area (Å²) in [6.45, 7) is 4.76. The number of aromatic nitrogens is 3. The number of likely N-dealkylation sites (tertiary alicyclic amines) is 1. The molecular weight excluding hydrogens is 434 g/mol. The molecule has 174 valence electrons. The molecule has 33 heavy (non-hydrogen) atoms. The number of methoxy groups -OCH3 is 1. The third-order valence-corrected chi connectivity index (χ3v) is 6.47. The minimum absolute atomic E-state index is 0.0862. The van der Waals surface area contributed by atoms with Crippen LogP contribution in [0.1, 0.15) is 36.4 Å². The lowest BCUT2D eigenvalue weighted by molar-refractivity contribution is -0.122. The van der Waals surface area contributed by atoms with E-state index < -0.39 is 0 Å². The fourth-order valence-electron chi connectivity index (χ4n) is 4.39. The Morgan fingerprint density at radius 1 is 1.18 bits per heavy atom. The van der Waals surface area contributed by atoms with Crippen LogP contribution < -0.4 is 10.1 Å². The first-order chi connectivity index (χ1) is 16.0. The van der Waals surface area contributed by atoms with E-state index in [0.29, 0.717) is 17.1 Å². The van der Waals surface area contributed by atoms with Gasteiger partial charge in [-0.15, -0.1) is 0 Å². The Balaban J connectivity index is 1.48. The van der Waals surface area contributed by atoms with Gasteiger partial charge >= 0.3 is 0 Å². The third-order valence-electron chi connectivity index (χ3n) is 6.16. The number of rotatable bonds is 8. The van der Waals surface area contributed by atoms with E-state index >= 15 is 0 Å². The van der Waals surface area contributed by atoms with Gasteiger partial charge in [0.05, 0.1) is 13.2 Å². The highest BCUT2D eigenvalue weighted by molar-refractivity contribution is 7.71. The molecule has 1 atom stereocenters. The summed E-state index contributed by atoms with van der Waals surface area (Å²) in [6, 6.07) is 16.3. The molecule has 1 unspecified atom stereocenters. The van der Waals surface area contributed by atoms with Crippen molar-refractivity contribution in [2.75, 3.05) is 26.7 Å². The molecule has 7 nitrogen and oxygen atoms in total. The van der Waals surface area contributed by atoms with Crippen molar-refractivity contribution in [3.63, 3.8) is 0 Å². The molecule has 2 N–H and O–H groups in total. The normalized spacial score (nSPS) is 15.2. The largest absolute Gasteiger partial charge is 0.497 e. The van der Waals surface area contributed by atoms with Gasteiger partial charge in [-0.2, -0.15) is 5.10 Å². The van der Waals surface area contributed by atoms with E-state index in [1.165, 1.54) is 24.8 Å². The Labute approximate surface area is 199 Å². The number of benzene rings is 2. The predicted molar refractivity (Wildman–Crippen MR) is 132 cm³/mol. The predicted octanol–water partition coefficient (Wildman–Crippen LogP) is 4.27. The summed E-state index contributed by atoms with van der Waals surface area (Å²) < 4.78 is 7.50. The molecule has 1 fully saturated rings. The van der Waals surface area contributed by atoms with Gasteiger partial charge in [0.25, 0.3) is 0 Å². The maximum atomic E-state index is 13.0. The zero-order chi connectivity index (χ0) is 23.2. The lowest BCUT2D eigenvalue weighted by Crippen LogP contribution is -2.41. The molecule has 1 aliphatic heterocycles. The van der Waals surface area contributed by atoms with Crippen molar-refractivity contribution in [2.24, 2.45) is 0 Å². The fourth-order valence-corrected chi connectivity index (χ4v) is 4.59. The minimum Gasteiger partial charge on any atom is -0.497 e. The molecule has 0 spiro atoms. The van der Waals surface area contributed by atoms with E-state index in [9.17, 15) is 4.79 Å². The van der Waals surface area contributed by atoms with Crippen LogP contribution in [-0.4, -0.2) is 52.3 Å².